The number of carbonyl (C=O) groups excluding carboxylic acids is 2. The first kappa shape index (κ1) is 18.7. The summed E-state index contributed by atoms with van der Waals surface area (Å²) in [6.45, 7) is 0. The Balaban J connectivity index is 2.30. The Morgan fingerprint density at radius 2 is 1.37 bits per heavy atom. The molecule has 4 nitrogen and oxygen atoms in total. The fourth-order valence-electron chi connectivity index (χ4n) is 3.10. The number of benzene rings is 3. The number of phenolic OH excluding ortho intramolecular Hbond substituents is 2. The first-order valence-electron chi connectivity index (χ1n) is 8.27. The standard InChI is InChI=1S/C22H18O4S/c1-27-17-4-2-3-16(11-17)22(18-9-14(12-23)5-7-20(18)25)19-10-15(13-24)6-8-21(19)26/h2-13,22,25-26H,1H3. The zero-order chi connectivity index (χ0) is 19.4. The van der Waals surface area contributed by atoms with Crippen LogP contribution in [0.3, 0.4) is 0 Å². The number of aldehydes is 2. The van der Waals surface area contributed by atoms with E-state index in [1.54, 1.807) is 23.9 Å². The highest BCUT2D eigenvalue weighted by molar-refractivity contribution is 7.98. The molecule has 0 aliphatic carbocycles. The van der Waals surface area contributed by atoms with Crippen molar-refractivity contribution in [1.29, 1.82) is 0 Å². The van der Waals surface area contributed by atoms with E-state index < -0.39 is 5.92 Å². The molecule has 3 aromatic carbocycles. The van der Waals surface area contributed by atoms with Crippen molar-refractivity contribution in [1.82, 2.24) is 0 Å². The summed E-state index contributed by atoms with van der Waals surface area (Å²) in [6, 6.07) is 16.9. The van der Waals surface area contributed by atoms with Gasteiger partial charge in [0, 0.05) is 33.1 Å². The van der Waals surface area contributed by atoms with Crippen molar-refractivity contribution in [2.75, 3.05) is 6.26 Å². The minimum Gasteiger partial charge on any atom is -0.508 e. The number of hydrogen-bond acceptors (Lipinski definition) is 5. The molecule has 0 aromatic heterocycles. The average molecular weight is 378 g/mol. The molecule has 0 bridgehead atoms. The zero-order valence-corrected chi connectivity index (χ0v) is 15.4. The van der Waals surface area contributed by atoms with Crippen molar-refractivity contribution >= 4 is 24.3 Å². The smallest absolute Gasteiger partial charge is 0.150 e. The number of hydrogen-bond donors (Lipinski definition) is 2. The lowest BCUT2D eigenvalue weighted by atomic mass is 9.83. The number of phenols is 2. The van der Waals surface area contributed by atoms with Crippen LogP contribution < -0.4 is 0 Å². The molecule has 0 unspecified atom stereocenters. The van der Waals surface area contributed by atoms with Crippen LogP contribution in [0.15, 0.2) is 65.6 Å². The van der Waals surface area contributed by atoms with E-state index >= 15 is 0 Å². The third kappa shape index (κ3) is 3.88. The number of thioether (sulfide) groups is 1. The molecule has 5 heteroatoms. The third-order valence-corrected chi connectivity index (χ3v) is 5.15. The summed E-state index contributed by atoms with van der Waals surface area (Å²) in [7, 11) is 0. The van der Waals surface area contributed by atoms with Gasteiger partial charge in [0.25, 0.3) is 0 Å². The number of rotatable bonds is 6. The van der Waals surface area contributed by atoms with Crippen LogP contribution in [0.1, 0.15) is 43.3 Å². The fraction of sp³-hybridized carbons (Fsp3) is 0.0909. The Bertz CT molecular complexity index is 940. The van der Waals surface area contributed by atoms with Gasteiger partial charge < -0.3 is 10.2 Å². The Labute approximate surface area is 161 Å². The van der Waals surface area contributed by atoms with Crippen LogP contribution in [-0.4, -0.2) is 29.0 Å². The summed E-state index contributed by atoms with van der Waals surface area (Å²) in [4.78, 5) is 23.5. The first-order chi connectivity index (χ1) is 13.1. The lowest BCUT2D eigenvalue weighted by Gasteiger charge is -2.22. The minimum absolute atomic E-state index is 0.0102. The van der Waals surface area contributed by atoms with E-state index in [2.05, 4.69) is 0 Å². The van der Waals surface area contributed by atoms with Crippen molar-refractivity contribution < 1.29 is 19.8 Å². The van der Waals surface area contributed by atoms with Gasteiger partial charge in [0.1, 0.15) is 24.1 Å². The number of aromatic hydroxyl groups is 2. The van der Waals surface area contributed by atoms with E-state index in [1.165, 1.54) is 24.3 Å². The summed E-state index contributed by atoms with van der Waals surface area (Å²) in [5.74, 6) is -0.524. The molecule has 2 N–H and O–H groups in total. The zero-order valence-electron chi connectivity index (χ0n) is 14.6. The molecule has 3 aromatic rings. The quantitative estimate of drug-likeness (QED) is 0.372. The van der Waals surface area contributed by atoms with Crippen LogP contribution in [0, 0.1) is 0 Å². The molecule has 0 saturated heterocycles. The van der Waals surface area contributed by atoms with Gasteiger partial charge in [-0.3, -0.25) is 9.59 Å². The van der Waals surface area contributed by atoms with Gasteiger partial charge in [-0.1, -0.05) is 12.1 Å². The molecule has 3 rings (SSSR count). The fourth-order valence-corrected chi connectivity index (χ4v) is 3.57. The molecule has 0 aliphatic heterocycles. The van der Waals surface area contributed by atoms with E-state index in [-0.39, 0.29) is 11.5 Å². The Morgan fingerprint density at radius 3 is 1.85 bits per heavy atom. The summed E-state index contributed by atoms with van der Waals surface area (Å²) >= 11 is 1.58. The second-order valence-corrected chi connectivity index (χ2v) is 6.96. The van der Waals surface area contributed by atoms with Crippen LogP contribution in [0.2, 0.25) is 0 Å². The van der Waals surface area contributed by atoms with Gasteiger partial charge in [-0.2, -0.15) is 0 Å². The van der Waals surface area contributed by atoms with Gasteiger partial charge in [0.15, 0.2) is 0 Å². The normalized spacial score (nSPS) is 10.7. The lowest BCUT2D eigenvalue weighted by molar-refractivity contribution is 0.111. The molecule has 0 fully saturated rings. The second kappa shape index (κ2) is 8.10. The third-order valence-electron chi connectivity index (χ3n) is 4.42. The average Bonchev–Trinajstić information content (AvgIpc) is 2.71. The monoisotopic (exact) mass is 378 g/mol. The second-order valence-electron chi connectivity index (χ2n) is 6.08. The highest BCUT2D eigenvalue weighted by Crippen LogP contribution is 2.41. The summed E-state index contributed by atoms with van der Waals surface area (Å²) in [5, 5.41) is 21.0. The van der Waals surface area contributed by atoms with Gasteiger partial charge in [-0.25, -0.2) is 0 Å². The first-order valence-corrected chi connectivity index (χ1v) is 9.50. The molecule has 27 heavy (non-hydrogen) atoms. The number of carbonyl (C=O) groups is 2. The van der Waals surface area contributed by atoms with Crippen LogP contribution in [0.4, 0.5) is 0 Å². The van der Waals surface area contributed by atoms with Gasteiger partial charge >= 0.3 is 0 Å². The lowest BCUT2D eigenvalue weighted by Crippen LogP contribution is -2.06. The maximum atomic E-state index is 11.3. The van der Waals surface area contributed by atoms with E-state index in [0.717, 1.165) is 10.5 Å². The molecule has 0 heterocycles. The van der Waals surface area contributed by atoms with E-state index in [9.17, 15) is 19.8 Å². The molecule has 0 spiro atoms. The molecule has 0 saturated carbocycles. The molecular weight excluding hydrogens is 360 g/mol. The predicted molar refractivity (Wildman–Crippen MR) is 106 cm³/mol. The SMILES string of the molecule is CSc1cccc(C(c2cc(C=O)ccc2O)c2cc(C=O)ccc2O)c1. The predicted octanol–water partition coefficient (Wildman–Crippen LogP) is 4.62. The Morgan fingerprint density at radius 1 is 0.815 bits per heavy atom. The highest BCUT2D eigenvalue weighted by atomic mass is 32.2. The summed E-state index contributed by atoms with van der Waals surface area (Å²) in [5.41, 5.74) is 2.63. The maximum Gasteiger partial charge on any atom is 0.150 e. The topological polar surface area (TPSA) is 74.6 Å². The summed E-state index contributed by atoms with van der Waals surface area (Å²) in [6.07, 6.45) is 3.38. The molecule has 136 valence electrons. The minimum atomic E-state index is -0.545. The molecule has 0 aliphatic rings. The van der Waals surface area contributed by atoms with Crippen molar-refractivity contribution in [2.45, 2.75) is 10.8 Å². The summed E-state index contributed by atoms with van der Waals surface area (Å²) < 4.78 is 0. The van der Waals surface area contributed by atoms with Crippen molar-refractivity contribution in [3.8, 4) is 11.5 Å². The Kier molecular flexibility index (Phi) is 5.62. The van der Waals surface area contributed by atoms with Crippen molar-refractivity contribution in [3.05, 3.63) is 88.5 Å². The van der Waals surface area contributed by atoms with Gasteiger partial charge in [0.05, 0.1) is 0 Å². The van der Waals surface area contributed by atoms with Crippen molar-refractivity contribution in [2.24, 2.45) is 0 Å². The molecular formula is C22H18O4S. The largest absolute Gasteiger partial charge is 0.508 e. The van der Waals surface area contributed by atoms with E-state index in [1.807, 2.05) is 30.5 Å². The van der Waals surface area contributed by atoms with Gasteiger partial charge in [-0.05, 0) is 60.4 Å². The molecule has 0 radical (unpaired) electrons. The van der Waals surface area contributed by atoms with Crippen molar-refractivity contribution in [3.63, 3.8) is 0 Å². The van der Waals surface area contributed by atoms with Crippen LogP contribution in [0.25, 0.3) is 0 Å². The van der Waals surface area contributed by atoms with Gasteiger partial charge in [-0.15, -0.1) is 11.8 Å². The maximum absolute atomic E-state index is 11.3. The van der Waals surface area contributed by atoms with Crippen LogP contribution in [-0.2, 0) is 0 Å². The molecule has 0 atom stereocenters. The molecule has 0 amide bonds. The van der Waals surface area contributed by atoms with Crippen LogP contribution in [0.5, 0.6) is 11.5 Å². The van der Waals surface area contributed by atoms with E-state index in [0.29, 0.717) is 34.8 Å². The highest BCUT2D eigenvalue weighted by Gasteiger charge is 2.24. The van der Waals surface area contributed by atoms with E-state index in [4.69, 9.17) is 0 Å². The Hall–Kier alpha value is -3.05. The van der Waals surface area contributed by atoms with Gasteiger partial charge in [0.2, 0.25) is 0 Å². The van der Waals surface area contributed by atoms with Crippen LogP contribution >= 0.6 is 11.8 Å².